The Balaban J connectivity index is 2.28. The van der Waals surface area contributed by atoms with Gasteiger partial charge in [0.25, 0.3) is 0 Å². The highest BCUT2D eigenvalue weighted by atomic mass is 16.7. The highest BCUT2D eigenvalue weighted by Crippen LogP contribution is 2.19. The van der Waals surface area contributed by atoms with Crippen LogP contribution in [-0.2, 0) is 14.3 Å². The van der Waals surface area contributed by atoms with Crippen LogP contribution in [0.25, 0.3) is 0 Å². The SMILES string of the molecule is CC(=O)O[C@H]1C[C@H](C)CCO1. The molecule has 1 fully saturated rings. The fraction of sp³-hybridized carbons (Fsp3) is 0.875. The summed E-state index contributed by atoms with van der Waals surface area (Å²) in [6, 6.07) is 0. The van der Waals surface area contributed by atoms with Crippen LogP contribution in [0.3, 0.4) is 0 Å². The van der Waals surface area contributed by atoms with Crippen molar-refractivity contribution in [3.63, 3.8) is 0 Å². The van der Waals surface area contributed by atoms with E-state index >= 15 is 0 Å². The number of hydrogen-bond donors (Lipinski definition) is 0. The van der Waals surface area contributed by atoms with Crippen molar-refractivity contribution in [2.75, 3.05) is 6.61 Å². The van der Waals surface area contributed by atoms with Crippen LogP contribution >= 0.6 is 0 Å². The van der Waals surface area contributed by atoms with Crippen LogP contribution in [-0.4, -0.2) is 18.9 Å². The lowest BCUT2D eigenvalue weighted by Gasteiger charge is -2.26. The third kappa shape index (κ3) is 2.89. The summed E-state index contributed by atoms with van der Waals surface area (Å²) in [4.78, 5) is 10.5. The fourth-order valence-electron chi connectivity index (χ4n) is 1.18. The van der Waals surface area contributed by atoms with Gasteiger partial charge in [-0.2, -0.15) is 0 Å². The molecule has 1 aliphatic heterocycles. The first kappa shape index (κ1) is 8.53. The summed E-state index contributed by atoms with van der Waals surface area (Å²) >= 11 is 0. The van der Waals surface area contributed by atoms with Gasteiger partial charge < -0.3 is 9.47 Å². The average molecular weight is 158 g/mol. The Morgan fingerprint density at radius 1 is 1.64 bits per heavy atom. The summed E-state index contributed by atoms with van der Waals surface area (Å²) in [5, 5.41) is 0. The number of carbonyl (C=O) groups is 1. The van der Waals surface area contributed by atoms with Crippen molar-refractivity contribution in [3.05, 3.63) is 0 Å². The summed E-state index contributed by atoms with van der Waals surface area (Å²) < 4.78 is 10.1. The molecule has 11 heavy (non-hydrogen) atoms. The number of esters is 1. The van der Waals surface area contributed by atoms with E-state index in [2.05, 4.69) is 6.92 Å². The van der Waals surface area contributed by atoms with Crippen LogP contribution in [0, 0.1) is 5.92 Å². The molecule has 0 aromatic rings. The van der Waals surface area contributed by atoms with Crippen molar-refractivity contribution >= 4 is 5.97 Å². The molecule has 2 atom stereocenters. The molecule has 1 saturated heterocycles. The Hall–Kier alpha value is -0.570. The lowest BCUT2D eigenvalue weighted by molar-refractivity contribution is -0.188. The van der Waals surface area contributed by atoms with Crippen LogP contribution in [0.1, 0.15) is 26.7 Å². The van der Waals surface area contributed by atoms with Gasteiger partial charge in [0.05, 0.1) is 6.61 Å². The lowest BCUT2D eigenvalue weighted by atomic mass is 10.0. The van der Waals surface area contributed by atoms with Gasteiger partial charge >= 0.3 is 5.97 Å². The standard InChI is InChI=1S/C8H14O3/c1-6-3-4-10-8(5-6)11-7(2)9/h6,8H,3-5H2,1-2H3/t6-,8+/m1/s1. The molecule has 0 aromatic heterocycles. The van der Waals surface area contributed by atoms with Gasteiger partial charge in [0.1, 0.15) is 0 Å². The molecule has 1 rings (SSSR count). The van der Waals surface area contributed by atoms with Crippen molar-refractivity contribution in [3.8, 4) is 0 Å². The fourth-order valence-corrected chi connectivity index (χ4v) is 1.18. The Bertz CT molecular complexity index is 144. The van der Waals surface area contributed by atoms with Gasteiger partial charge in [0.2, 0.25) is 6.29 Å². The van der Waals surface area contributed by atoms with Gasteiger partial charge in [-0.15, -0.1) is 0 Å². The van der Waals surface area contributed by atoms with Crippen molar-refractivity contribution in [1.29, 1.82) is 0 Å². The second-order valence-corrected chi connectivity index (χ2v) is 3.04. The van der Waals surface area contributed by atoms with E-state index in [1.807, 2.05) is 0 Å². The van der Waals surface area contributed by atoms with Gasteiger partial charge in [-0.1, -0.05) is 6.92 Å². The topological polar surface area (TPSA) is 35.5 Å². The van der Waals surface area contributed by atoms with Crippen molar-refractivity contribution in [2.45, 2.75) is 33.0 Å². The average Bonchev–Trinajstić information content (AvgIpc) is 1.85. The molecule has 0 spiro atoms. The van der Waals surface area contributed by atoms with E-state index in [0.29, 0.717) is 12.5 Å². The molecule has 1 aliphatic rings. The van der Waals surface area contributed by atoms with Crippen molar-refractivity contribution in [2.24, 2.45) is 5.92 Å². The first-order valence-electron chi connectivity index (χ1n) is 3.97. The van der Waals surface area contributed by atoms with Gasteiger partial charge in [0.15, 0.2) is 0 Å². The van der Waals surface area contributed by atoms with Crippen molar-refractivity contribution < 1.29 is 14.3 Å². The number of rotatable bonds is 1. The quantitative estimate of drug-likeness (QED) is 0.540. The molecule has 0 saturated carbocycles. The number of hydrogen-bond acceptors (Lipinski definition) is 3. The first-order valence-corrected chi connectivity index (χ1v) is 3.97. The summed E-state index contributed by atoms with van der Waals surface area (Å²) in [6.07, 6.45) is 1.61. The monoisotopic (exact) mass is 158 g/mol. The molecule has 64 valence electrons. The molecule has 0 amide bonds. The smallest absolute Gasteiger partial charge is 0.304 e. The normalized spacial score (nSPS) is 31.5. The molecule has 0 bridgehead atoms. The van der Waals surface area contributed by atoms with Crippen LogP contribution in [0.4, 0.5) is 0 Å². The summed E-state index contributed by atoms with van der Waals surface area (Å²) in [5.41, 5.74) is 0. The molecule has 0 unspecified atom stereocenters. The van der Waals surface area contributed by atoms with Crippen molar-refractivity contribution in [1.82, 2.24) is 0 Å². The molecule has 3 heteroatoms. The minimum absolute atomic E-state index is 0.260. The Labute approximate surface area is 66.7 Å². The first-order chi connectivity index (χ1) is 5.18. The molecular weight excluding hydrogens is 144 g/mol. The van der Waals surface area contributed by atoms with Gasteiger partial charge in [-0.25, -0.2) is 0 Å². The predicted molar refractivity (Wildman–Crippen MR) is 39.9 cm³/mol. The second kappa shape index (κ2) is 3.72. The zero-order valence-electron chi connectivity index (χ0n) is 7.00. The zero-order valence-corrected chi connectivity index (χ0v) is 7.00. The van der Waals surface area contributed by atoms with E-state index in [-0.39, 0.29) is 12.3 Å². The molecule has 0 aromatic carbocycles. The Morgan fingerprint density at radius 3 is 2.91 bits per heavy atom. The summed E-state index contributed by atoms with van der Waals surface area (Å²) in [7, 11) is 0. The number of ether oxygens (including phenoxy) is 2. The Kier molecular flexibility index (Phi) is 2.88. The van der Waals surface area contributed by atoms with Gasteiger partial charge in [-0.05, 0) is 12.3 Å². The van der Waals surface area contributed by atoms with Gasteiger partial charge in [-0.3, -0.25) is 4.79 Å². The number of carbonyl (C=O) groups excluding carboxylic acids is 1. The van der Waals surface area contributed by atoms with E-state index in [1.165, 1.54) is 6.92 Å². The molecule has 0 radical (unpaired) electrons. The molecule has 1 heterocycles. The second-order valence-electron chi connectivity index (χ2n) is 3.04. The predicted octanol–water partition coefficient (Wildman–Crippen LogP) is 1.32. The van der Waals surface area contributed by atoms with E-state index in [9.17, 15) is 4.79 Å². The van der Waals surface area contributed by atoms with E-state index in [4.69, 9.17) is 9.47 Å². The highest BCUT2D eigenvalue weighted by molar-refractivity contribution is 5.66. The van der Waals surface area contributed by atoms with Crippen LogP contribution < -0.4 is 0 Å². The summed E-state index contributed by atoms with van der Waals surface area (Å²) in [5.74, 6) is 0.345. The van der Waals surface area contributed by atoms with E-state index in [0.717, 1.165) is 12.8 Å². The largest absolute Gasteiger partial charge is 0.436 e. The maximum Gasteiger partial charge on any atom is 0.304 e. The third-order valence-corrected chi connectivity index (χ3v) is 1.81. The molecule has 0 N–H and O–H groups in total. The van der Waals surface area contributed by atoms with Crippen LogP contribution in [0.2, 0.25) is 0 Å². The summed E-state index contributed by atoms with van der Waals surface area (Å²) in [6.45, 7) is 4.25. The maximum atomic E-state index is 10.5. The van der Waals surface area contributed by atoms with Crippen LogP contribution in [0.15, 0.2) is 0 Å². The molecular formula is C8H14O3. The minimum Gasteiger partial charge on any atom is -0.436 e. The maximum absolute atomic E-state index is 10.5. The molecule has 0 aliphatic carbocycles. The minimum atomic E-state index is -0.295. The Morgan fingerprint density at radius 2 is 2.36 bits per heavy atom. The van der Waals surface area contributed by atoms with E-state index in [1.54, 1.807) is 0 Å². The lowest BCUT2D eigenvalue weighted by Crippen LogP contribution is -2.28. The molecule has 3 nitrogen and oxygen atoms in total. The third-order valence-electron chi connectivity index (χ3n) is 1.81. The zero-order chi connectivity index (χ0) is 8.27. The highest BCUT2D eigenvalue weighted by Gasteiger charge is 2.21. The van der Waals surface area contributed by atoms with Gasteiger partial charge in [0, 0.05) is 13.3 Å². The van der Waals surface area contributed by atoms with Crippen LogP contribution in [0.5, 0.6) is 0 Å². The van der Waals surface area contributed by atoms with E-state index < -0.39 is 0 Å².